The predicted octanol–water partition coefficient (Wildman–Crippen LogP) is 3.92. The SMILES string of the molecule is CCCc1nc(Cl)cc(Oc2cncc(Cl)c2)n1. The fourth-order valence-corrected chi connectivity index (χ4v) is 1.75. The van der Waals surface area contributed by atoms with E-state index in [2.05, 4.69) is 15.0 Å². The second kappa shape index (κ2) is 5.98. The van der Waals surface area contributed by atoms with E-state index in [9.17, 15) is 0 Å². The summed E-state index contributed by atoms with van der Waals surface area (Å²) in [6.07, 6.45) is 4.79. The molecule has 2 aromatic heterocycles. The molecule has 0 aromatic carbocycles. The smallest absolute Gasteiger partial charge is 0.224 e. The molecule has 0 atom stereocenters. The maximum Gasteiger partial charge on any atom is 0.224 e. The van der Waals surface area contributed by atoms with Gasteiger partial charge in [-0.2, -0.15) is 4.98 Å². The molecular weight excluding hydrogens is 273 g/mol. The molecule has 4 nitrogen and oxygen atoms in total. The standard InChI is InChI=1S/C12H11Cl2N3O/c1-2-3-11-16-10(14)5-12(17-11)18-9-4-8(13)6-15-7-9/h4-7H,2-3H2,1H3. The molecular formula is C12H11Cl2N3O. The Morgan fingerprint density at radius 2 is 2.00 bits per heavy atom. The predicted molar refractivity (Wildman–Crippen MR) is 70.4 cm³/mol. The molecule has 0 saturated carbocycles. The van der Waals surface area contributed by atoms with Gasteiger partial charge in [0, 0.05) is 24.8 Å². The van der Waals surface area contributed by atoms with Crippen LogP contribution < -0.4 is 4.74 Å². The Hall–Kier alpha value is -1.39. The summed E-state index contributed by atoms with van der Waals surface area (Å²) in [4.78, 5) is 12.3. The maximum absolute atomic E-state index is 5.91. The van der Waals surface area contributed by atoms with E-state index in [0.29, 0.717) is 27.6 Å². The lowest BCUT2D eigenvalue weighted by Gasteiger charge is -2.06. The summed E-state index contributed by atoms with van der Waals surface area (Å²) >= 11 is 11.7. The van der Waals surface area contributed by atoms with Crippen LogP contribution in [0.1, 0.15) is 19.2 Å². The molecule has 0 aliphatic rings. The Bertz CT molecular complexity index is 549. The highest BCUT2D eigenvalue weighted by Gasteiger charge is 2.05. The second-order valence-electron chi connectivity index (χ2n) is 3.64. The lowest BCUT2D eigenvalue weighted by molar-refractivity contribution is 0.456. The van der Waals surface area contributed by atoms with E-state index in [1.54, 1.807) is 18.3 Å². The minimum atomic E-state index is 0.360. The largest absolute Gasteiger partial charge is 0.437 e. The first kappa shape index (κ1) is 13.1. The van der Waals surface area contributed by atoms with Crippen LogP contribution in [-0.2, 0) is 6.42 Å². The molecule has 0 amide bonds. The summed E-state index contributed by atoms with van der Waals surface area (Å²) in [5.74, 6) is 1.57. The summed E-state index contributed by atoms with van der Waals surface area (Å²) < 4.78 is 5.54. The Morgan fingerprint density at radius 3 is 2.72 bits per heavy atom. The Morgan fingerprint density at radius 1 is 1.17 bits per heavy atom. The molecule has 0 aliphatic carbocycles. The van der Waals surface area contributed by atoms with Gasteiger partial charge in [-0.1, -0.05) is 30.1 Å². The number of nitrogens with zero attached hydrogens (tertiary/aromatic N) is 3. The Kier molecular flexibility index (Phi) is 4.33. The van der Waals surface area contributed by atoms with Crippen LogP contribution in [0.2, 0.25) is 10.2 Å². The van der Waals surface area contributed by atoms with Crippen LogP contribution >= 0.6 is 23.2 Å². The summed E-state index contributed by atoms with van der Waals surface area (Å²) in [6, 6.07) is 3.21. The first-order valence-electron chi connectivity index (χ1n) is 5.49. The van der Waals surface area contributed by atoms with E-state index in [-0.39, 0.29) is 0 Å². The maximum atomic E-state index is 5.91. The van der Waals surface area contributed by atoms with Crippen molar-refractivity contribution in [3.8, 4) is 11.6 Å². The molecule has 2 aromatic rings. The van der Waals surface area contributed by atoms with Gasteiger partial charge >= 0.3 is 0 Å². The third-order valence-electron chi connectivity index (χ3n) is 2.09. The van der Waals surface area contributed by atoms with Crippen molar-refractivity contribution >= 4 is 23.2 Å². The summed E-state index contributed by atoms with van der Waals surface area (Å²) in [5.41, 5.74) is 0. The van der Waals surface area contributed by atoms with Gasteiger partial charge in [0.25, 0.3) is 0 Å². The van der Waals surface area contributed by atoms with E-state index in [4.69, 9.17) is 27.9 Å². The van der Waals surface area contributed by atoms with Gasteiger partial charge in [0.05, 0.1) is 11.2 Å². The van der Waals surface area contributed by atoms with Gasteiger partial charge in [-0.25, -0.2) is 4.98 Å². The Labute approximate surface area is 115 Å². The fourth-order valence-electron chi connectivity index (χ4n) is 1.40. The minimum Gasteiger partial charge on any atom is -0.437 e. The van der Waals surface area contributed by atoms with E-state index in [1.807, 2.05) is 6.92 Å². The van der Waals surface area contributed by atoms with Crippen molar-refractivity contribution < 1.29 is 4.74 Å². The van der Waals surface area contributed by atoms with Crippen LogP contribution in [0.25, 0.3) is 0 Å². The summed E-state index contributed by atoms with van der Waals surface area (Å²) in [5, 5.41) is 0.861. The van der Waals surface area contributed by atoms with Crippen LogP contribution in [0.5, 0.6) is 11.6 Å². The lowest BCUT2D eigenvalue weighted by Crippen LogP contribution is -1.97. The monoisotopic (exact) mass is 283 g/mol. The number of pyridine rings is 1. The molecule has 0 unspecified atom stereocenters. The molecule has 2 heterocycles. The molecule has 2 rings (SSSR count). The molecule has 0 radical (unpaired) electrons. The normalized spacial score (nSPS) is 10.4. The molecule has 0 saturated heterocycles. The first-order chi connectivity index (χ1) is 8.67. The zero-order valence-electron chi connectivity index (χ0n) is 9.73. The molecule has 0 N–H and O–H groups in total. The molecule has 0 fully saturated rings. The fraction of sp³-hybridized carbons (Fsp3) is 0.250. The van der Waals surface area contributed by atoms with E-state index >= 15 is 0 Å². The third kappa shape index (κ3) is 3.55. The van der Waals surface area contributed by atoms with Gasteiger partial charge in [-0.05, 0) is 6.42 Å². The van der Waals surface area contributed by atoms with E-state index < -0.39 is 0 Å². The van der Waals surface area contributed by atoms with Crippen molar-refractivity contribution in [1.29, 1.82) is 0 Å². The van der Waals surface area contributed by atoms with Crippen LogP contribution in [0.4, 0.5) is 0 Å². The second-order valence-corrected chi connectivity index (χ2v) is 4.46. The zero-order chi connectivity index (χ0) is 13.0. The number of hydrogen-bond acceptors (Lipinski definition) is 4. The average molecular weight is 284 g/mol. The molecule has 0 spiro atoms. The van der Waals surface area contributed by atoms with Crippen molar-refractivity contribution in [3.05, 3.63) is 40.5 Å². The van der Waals surface area contributed by atoms with Crippen molar-refractivity contribution in [2.24, 2.45) is 0 Å². The number of hydrogen-bond donors (Lipinski definition) is 0. The van der Waals surface area contributed by atoms with Gasteiger partial charge in [0.1, 0.15) is 16.7 Å². The van der Waals surface area contributed by atoms with E-state index in [1.165, 1.54) is 6.20 Å². The molecule has 94 valence electrons. The van der Waals surface area contributed by atoms with Gasteiger partial charge in [0.2, 0.25) is 5.88 Å². The number of halogens is 2. The lowest BCUT2D eigenvalue weighted by atomic mass is 10.3. The van der Waals surface area contributed by atoms with Crippen molar-refractivity contribution in [3.63, 3.8) is 0 Å². The topological polar surface area (TPSA) is 47.9 Å². The van der Waals surface area contributed by atoms with Gasteiger partial charge in [-0.15, -0.1) is 0 Å². The van der Waals surface area contributed by atoms with Gasteiger partial charge < -0.3 is 4.74 Å². The quantitative estimate of drug-likeness (QED) is 0.798. The highest BCUT2D eigenvalue weighted by molar-refractivity contribution is 6.30. The van der Waals surface area contributed by atoms with Crippen LogP contribution in [0, 0.1) is 0 Å². The average Bonchev–Trinajstić information content (AvgIpc) is 2.28. The van der Waals surface area contributed by atoms with Gasteiger partial charge in [0.15, 0.2) is 0 Å². The molecule has 18 heavy (non-hydrogen) atoms. The highest BCUT2D eigenvalue weighted by atomic mass is 35.5. The van der Waals surface area contributed by atoms with Crippen molar-refractivity contribution in [1.82, 2.24) is 15.0 Å². The van der Waals surface area contributed by atoms with Crippen molar-refractivity contribution in [2.75, 3.05) is 0 Å². The van der Waals surface area contributed by atoms with E-state index in [0.717, 1.165) is 12.8 Å². The minimum absolute atomic E-state index is 0.360. The summed E-state index contributed by atoms with van der Waals surface area (Å²) in [7, 11) is 0. The van der Waals surface area contributed by atoms with Crippen molar-refractivity contribution in [2.45, 2.75) is 19.8 Å². The number of aromatic nitrogens is 3. The number of ether oxygens (including phenoxy) is 1. The van der Waals surface area contributed by atoms with Crippen LogP contribution in [0.3, 0.4) is 0 Å². The Balaban J connectivity index is 2.23. The molecule has 0 bridgehead atoms. The number of aryl methyl sites for hydroxylation is 1. The zero-order valence-corrected chi connectivity index (χ0v) is 11.2. The molecule has 6 heteroatoms. The molecule has 0 aliphatic heterocycles. The van der Waals surface area contributed by atoms with Crippen LogP contribution in [-0.4, -0.2) is 15.0 Å². The highest BCUT2D eigenvalue weighted by Crippen LogP contribution is 2.23. The summed E-state index contributed by atoms with van der Waals surface area (Å²) in [6.45, 7) is 2.05. The number of rotatable bonds is 4. The first-order valence-corrected chi connectivity index (χ1v) is 6.25. The third-order valence-corrected chi connectivity index (χ3v) is 2.49. The van der Waals surface area contributed by atoms with Crippen LogP contribution in [0.15, 0.2) is 24.5 Å². The van der Waals surface area contributed by atoms with Gasteiger partial charge in [-0.3, -0.25) is 4.98 Å².